The number of benzene rings is 1. The van der Waals surface area contributed by atoms with Crippen molar-refractivity contribution in [3.05, 3.63) is 29.8 Å². The van der Waals surface area contributed by atoms with Gasteiger partial charge in [0, 0.05) is 5.56 Å². The Morgan fingerprint density at radius 3 is 2.56 bits per heavy atom. The first kappa shape index (κ1) is 17.0. The molecule has 1 fully saturated rings. The molecular weight excluding hydrogens is 356 g/mol. The Balaban J connectivity index is 2.40. The van der Waals surface area contributed by atoms with Crippen LogP contribution in [-0.4, -0.2) is 55.2 Å². The third-order valence-electron chi connectivity index (χ3n) is 4.24. The lowest BCUT2D eigenvalue weighted by Gasteiger charge is -2.32. The molecule has 1 saturated heterocycles. The SMILES string of the molecule is COC(=O)C1C(=O)NC(=O)C12c1ccccc1S(=O)(=O)N2CC(=O)O. The van der Waals surface area contributed by atoms with Gasteiger partial charge in [0.05, 0.1) is 12.0 Å². The summed E-state index contributed by atoms with van der Waals surface area (Å²) < 4.78 is 30.5. The number of carbonyl (C=O) groups excluding carboxylic acids is 3. The van der Waals surface area contributed by atoms with E-state index < -0.39 is 51.8 Å². The van der Waals surface area contributed by atoms with Crippen molar-refractivity contribution < 1.29 is 37.4 Å². The third kappa shape index (κ3) is 2.02. The van der Waals surface area contributed by atoms with Gasteiger partial charge in [0.1, 0.15) is 6.54 Å². The summed E-state index contributed by atoms with van der Waals surface area (Å²) in [5.74, 6) is -6.71. The maximum atomic E-state index is 12.8. The normalized spacial score (nSPS) is 27.2. The van der Waals surface area contributed by atoms with Crippen LogP contribution in [0.4, 0.5) is 0 Å². The van der Waals surface area contributed by atoms with Crippen LogP contribution in [0.25, 0.3) is 0 Å². The summed E-state index contributed by atoms with van der Waals surface area (Å²) in [4.78, 5) is 47.9. The van der Waals surface area contributed by atoms with E-state index in [1.54, 1.807) is 0 Å². The molecule has 25 heavy (non-hydrogen) atoms. The number of carbonyl (C=O) groups is 4. The molecule has 1 aromatic carbocycles. The highest BCUT2D eigenvalue weighted by molar-refractivity contribution is 7.89. The van der Waals surface area contributed by atoms with Crippen LogP contribution < -0.4 is 5.32 Å². The van der Waals surface area contributed by atoms with E-state index in [1.807, 2.05) is 5.32 Å². The smallest absolute Gasteiger partial charge is 0.321 e. The van der Waals surface area contributed by atoms with Crippen LogP contribution in [-0.2, 0) is 39.5 Å². The van der Waals surface area contributed by atoms with Crippen molar-refractivity contribution in [1.82, 2.24) is 9.62 Å². The first-order chi connectivity index (χ1) is 11.7. The minimum atomic E-state index is -4.43. The molecule has 0 bridgehead atoms. The molecule has 2 unspecified atom stereocenters. The lowest BCUT2D eigenvalue weighted by Crippen LogP contribution is -2.56. The number of methoxy groups -OCH3 is 1. The first-order valence-electron chi connectivity index (χ1n) is 6.96. The predicted molar refractivity (Wildman–Crippen MR) is 78.3 cm³/mol. The van der Waals surface area contributed by atoms with Crippen molar-refractivity contribution >= 4 is 33.8 Å². The summed E-state index contributed by atoms with van der Waals surface area (Å²) >= 11 is 0. The van der Waals surface area contributed by atoms with E-state index in [0.717, 1.165) is 7.11 Å². The van der Waals surface area contributed by atoms with Crippen molar-refractivity contribution in [2.45, 2.75) is 10.4 Å². The van der Waals surface area contributed by atoms with Gasteiger partial charge < -0.3 is 9.84 Å². The Morgan fingerprint density at radius 1 is 1.32 bits per heavy atom. The number of ether oxygens (including phenoxy) is 1. The molecule has 2 heterocycles. The van der Waals surface area contributed by atoms with E-state index in [1.165, 1.54) is 24.3 Å². The van der Waals surface area contributed by atoms with Crippen LogP contribution in [0.3, 0.4) is 0 Å². The maximum absolute atomic E-state index is 12.8. The Kier molecular flexibility index (Phi) is 3.65. The topological polar surface area (TPSA) is 147 Å². The van der Waals surface area contributed by atoms with Gasteiger partial charge in [-0.1, -0.05) is 18.2 Å². The van der Waals surface area contributed by atoms with E-state index in [2.05, 4.69) is 4.74 Å². The average Bonchev–Trinajstić information content (AvgIpc) is 2.92. The summed E-state index contributed by atoms with van der Waals surface area (Å²) in [6.07, 6.45) is 0. The number of imide groups is 1. The molecule has 1 aromatic rings. The monoisotopic (exact) mass is 368 g/mol. The fraction of sp³-hybridized carbons (Fsp3) is 0.286. The van der Waals surface area contributed by atoms with Gasteiger partial charge in [0.15, 0.2) is 11.5 Å². The summed E-state index contributed by atoms with van der Waals surface area (Å²) in [5.41, 5.74) is -2.48. The predicted octanol–water partition coefficient (Wildman–Crippen LogP) is -1.58. The molecule has 0 radical (unpaired) electrons. The van der Waals surface area contributed by atoms with Gasteiger partial charge in [-0.2, -0.15) is 4.31 Å². The summed E-state index contributed by atoms with van der Waals surface area (Å²) in [7, 11) is -3.46. The molecule has 10 nitrogen and oxygen atoms in total. The number of sulfonamides is 1. The van der Waals surface area contributed by atoms with E-state index in [-0.39, 0.29) is 10.5 Å². The molecule has 1 spiro atoms. The molecule has 0 aliphatic carbocycles. The van der Waals surface area contributed by atoms with Crippen LogP contribution in [0.1, 0.15) is 5.56 Å². The highest BCUT2D eigenvalue weighted by atomic mass is 32.2. The van der Waals surface area contributed by atoms with Crippen molar-refractivity contribution in [3.63, 3.8) is 0 Å². The quantitative estimate of drug-likeness (QED) is 0.369. The Labute approximate surface area is 141 Å². The van der Waals surface area contributed by atoms with E-state index in [9.17, 15) is 27.6 Å². The van der Waals surface area contributed by atoms with Crippen LogP contribution in [0.2, 0.25) is 0 Å². The second-order valence-electron chi connectivity index (χ2n) is 5.44. The van der Waals surface area contributed by atoms with E-state index in [4.69, 9.17) is 5.11 Å². The van der Waals surface area contributed by atoms with Gasteiger partial charge in [0.2, 0.25) is 15.9 Å². The molecule has 11 heteroatoms. The zero-order chi connectivity index (χ0) is 18.6. The number of nitrogens with zero attached hydrogens (tertiary/aromatic N) is 1. The number of hydrogen-bond acceptors (Lipinski definition) is 7. The fourth-order valence-electron chi connectivity index (χ4n) is 3.31. The molecule has 0 aromatic heterocycles. The Morgan fingerprint density at radius 2 is 1.96 bits per heavy atom. The van der Waals surface area contributed by atoms with E-state index >= 15 is 0 Å². The molecule has 2 aliphatic rings. The zero-order valence-electron chi connectivity index (χ0n) is 12.8. The Bertz CT molecular complexity index is 925. The lowest BCUT2D eigenvalue weighted by molar-refractivity contribution is -0.156. The molecular formula is C14H12N2O8S. The molecule has 132 valence electrons. The van der Waals surface area contributed by atoms with Gasteiger partial charge >= 0.3 is 11.9 Å². The van der Waals surface area contributed by atoms with Gasteiger partial charge in [-0.25, -0.2) is 8.42 Å². The fourth-order valence-corrected chi connectivity index (χ4v) is 5.25. The number of rotatable bonds is 3. The second-order valence-corrected chi connectivity index (χ2v) is 7.27. The number of aliphatic carboxylic acids is 1. The minimum absolute atomic E-state index is 0.144. The number of carboxylic acid groups (broad SMARTS) is 1. The molecule has 0 saturated carbocycles. The van der Waals surface area contributed by atoms with Gasteiger partial charge in [0.25, 0.3) is 5.91 Å². The third-order valence-corrected chi connectivity index (χ3v) is 6.15. The highest BCUT2D eigenvalue weighted by Gasteiger charge is 2.71. The summed E-state index contributed by atoms with van der Waals surface area (Å²) in [6, 6.07) is 5.25. The van der Waals surface area contributed by atoms with Gasteiger partial charge in [-0.3, -0.25) is 24.5 Å². The van der Waals surface area contributed by atoms with E-state index in [0.29, 0.717) is 4.31 Å². The molecule has 3 rings (SSSR count). The maximum Gasteiger partial charge on any atom is 0.321 e. The summed E-state index contributed by atoms with van der Waals surface area (Å²) in [6.45, 7) is -1.11. The van der Waals surface area contributed by atoms with Crippen molar-refractivity contribution in [2.24, 2.45) is 5.92 Å². The number of nitrogens with one attached hydrogen (secondary N) is 1. The number of carboxylic acids is 1. The molecule has 2 amide bonds. The number of fused-ring (bicyclic) bond motifs is 2. The summed E-state index contributed by atoms with van der Waals surface area (Å²) in [5, 5.41) is 11.0. The van der Waals surface area contributed by atoms with Gasteiger partial charge in [-0.15, -0.1) is 0 Å². The Hall–Kier alpha value is -2.79. The lowest BCUT2D eigenvalue weighted by atomic mass is 9.79. The van der Waals surface area contributed by atoms with Crippen LogP contribution in [0, 0.1) is 5.92 Å². The van der Waals surface area contributed by atoms with Crippen LogP contribution in [0.5, 0.6) is 0 Å². The molecule has 2 atom stereocenters. The average molecular weight is 368 g/mol. The van der Waals surface area contributed by atoms with Crippen LogP contribution in [0.15, 0.2) is 29.2 Å². The van der Waals surface area contributed by atoms with Crippen molar-refractivity contribution in [2.75, 3.05) is 13.7 Å². The van der Waals surface area contributed by atoms with Crippen molar-refractivity contribution in [3.8, 4) is 0 Å². The van der Waals surface area contributed by atoms with Crippen LogP contribution >= 0.6 is 0 Å². The second kappa shape index (κ2) is 5.36. The van der Waals surface area contributed by atoms with Crippen molar-refractivity contribution in [1.29, 1.82) is 0 Å². The standard InChI is InChI=1S/C14H12N2O8S/c1-24-12(20)10-11(19)15-13(21)14(10)7-4-2-3-5-8(7)25(22,23)16(14)6-9(17)18/h2-5,10H,6H2,1H3,(H,17,18)(H,15,19,21). The van der Waals surface area contributed by atoms with Gasteiger partial charge in [-0.05, 0) is 6.07 Å². The number of amides is 2. The minimum Gasteiger partial charge on any atom is -0.480 e. The molecule has 2 aliphatic heterocycles. The largest absolute Gasteiger partial charge is 0.480 e. The number of esters is 1. The number of hydrogen-bond donors (Lipinski definition) is 2. The molecule has 2 N–H and O–H groups in total. The zero-order valence-corrected chi connectivity index (χ0v) is 13.6. The highest BCUT2D eigenvalue weighted by Crippen LogP contribution is 2.51. The first-order valence-corrected chi connectivity index (χ1v) is 8.40.